The van der Waals surface area contributed by atoms with Gasteiger partial charge in [-0.15, -0.1) is 0 Å². The van der Waals surface area contributed by atoms with Crippen molar-refractivity contribution >= 4 is 21.8 Å². The molecule has 146 valence electrons. The van der Waals surface area contributed by atoms with E-state index in [0.29, 0.717) is 49.2 Å². The number of hydrogen-bond donors (Lipinski definition) is 0. The molecule has 0 heterocycles. The Morgan fingerprint density at radius 3 is 2.04 bits per heavy atom. The molecular weight excluding hydrogens is 410 g/mol. The quantitative estimate of drug-likeness (QED) is 0.560. The zero-order valence-electron chi connectivity index (χ0n) is 16.3. The van der Waals surface area contributed by atoms with Crippen LogP contribution in [0.25, 0.3) is 0 Å². The van der Waals surface area contributed by atoms with E-state index in [1.807, 2.05) is 45.0 Å². The van der Waals surface area contributed by atoms with Crippen molar-refractivity contribution in [1.82, 2.24) is 4.90 Å². The van der Waals surface area contributed by atoms with Crippen molar-refractivity contribution in [2.75, 3.05) is 26.9 Å². The van der Waals surface area contributed by atoms with Gasteiger partial charge in [-0.1, -0.05) is 34.1 Å². The number of carbonyl (C=O) groups excluding carboxylic acids is 1. The molecule has 0 aliphatic heterocycles. The van der Waals surface area contributed by atoms with Gasteiger partial charge in [0.15, 0.2) is 11.5 Å². The van der Waals surface area contributed by atoms with Crippen molar-refractivity contribution in [3.63, 3.8) is 0 Å². The van der Waals surface area contributed by atoms with Crippen LogP contribution in [0.2, 0.25) is 0 Å². The fourth-order valence-electron chi connectivity index (χ4n) is 2.69. The van der Waals surface area contributed by atoms with Gasteiger partial charge in [0.05, 0.1) is 19.8 Å². The van der Waals surface area contributed by atoms with Crippen LogP contribution in [-0.4, -0.2) is 37.7 Å². The zero-order chi connectivity index (χ0) is 19.8. The van der Waals surface area contributed by atoms with Gasteiger partial charge in [-0.2, -0.15) is 0 Å². The molecule has 5 nitrogen and oxygen atoms in total. The van der Waals surface area contributed by atoms with Gasteiger partial charge in [0.1, 0.15) is 0 Å². The number of halogens is 1. The lowest BCUT2D eigenvalue weighted by atomic mass is 10.1. The first-order valence-electron chi connectivity index (χ1n) is 9.07. The van der Waals surface area contributed by atoms with Crippen LogP contribution in [0.5, 0.6) is 17.2 Å². The topological polar surface area (TPSA) is 48.0 Å². The SMILES string of the molecule is CCOc1cc(C(=O)N(C)Cc2ccccc2Br)cc(OCC)c1OCC. The normalized spacial score (nSPS) is 10.4. The Hall–Kier alpha value is -2.21. The number of rotatable bonds is 9. The first-order valence-corrected chi connectivity index (χ1v) is 9.86. The lowest BCUT2D eigenvalue weighted by Gasteiger charge is -2.21. The second kappa shape index (κ2) is 10.2. The van der Waals surface area contributed by atoms with E-state index >= 15 is 0 Å². The van der Waals surface area contributed by atoms with Crippen LogP contribution in [0.3, 0.4) is 0 Å². The fraction of sp³-hybridized carbons (Fsp3) is 0.381. The van der Waals surface area contributed by atoms with Crippen molar-refractivity contribution in [2.24, 2.45) is 0 Å². The Morgan fingerprint density at radius 1 is 0.963 bits per heavy atom. The number of ether oxygens (including phenoxy) is 3. The first-order chi connectivity index (χ1) is 13.0. The molecule has 6 heteroatoms. The number of hydrogen-bond acceptors (Lipinski definition) is 4. The standard InChI is InChI=1S/C21H26BrNO4/c1-5-25-18-12-16(13-19(26-6-2)20(18)27-7-3)21(24)23(4)14-15-10-8-9-11-17(15)22/h8-13H,5-7,14H2,1-4H3. The van der Waals surface area contributed by atoms with Gasteiger partial charge in [0, 0.05) is 23.6 Å². The Kier molecular flexibility index (Phi) is 7.98. The summed E-state index contributed by atoms with van der Waals surface area (Å²) in [6.07, 6.45) is 0. The van der Waals surface area contributed by atoms with Crippen LogP contribution >= 0.6 is 15.9 Å². The maximum atomic E-state index is 13.0. The third kappa shape index (κ3) is 5.39. The average Bonchev–Trinajstić information content (AvgIpc) is 2.65. The maximum absolute atomic E-state index is 13.0. The van der Waals surface area contributed by atoms with Crippen LogP contribution in [0.4, 0.5) is 0 Å². The highest BCUT2D eigenvalue weighted by molar-refractivity contribution is 9.10. The highest BCUT2D eigenvalue weighted by Gasteiger charge is 2.20. The maximum Gasteiger partial charge on any atom is 0.254 e. The van der Waals surface area contributed by atoms with Crippen LogP contribution < -0.4 is 14.2 Å². The van der Waals surface area contributed by atoms with Crippen molar-refractivity contribution in [3.05, 3.63) is 52.0 Å². The molecule has 0 saturated carbocycles. The van der Waals surface area contributed by atoms with E-state index in [1.165, 1.54) is 0 Å². The molecule has 0 N–H and O–H groups in total. The lowest BCUT2D eigenvalue weighted by molar-refractivity contribution is 0.0783. The van der Waals surface area contributed by atoms with Crippen LogP contribution in [-0.2, 0) is 6.54 Å². The van der Waals surface area contributed by atoms with Crippen molar-refractivity contribution in [2.45, 2.75) is 27.3 Å². The minimum Gasteiger partial charge on any atom is -0.490 e. The van der Waals surface area contributed by atoms with E-state index in [0.717, 1.165) is 10.0 Å². The van der Waals surface area contributed by atoms with E-state index in [-0.39, 0.29) is 5.91 Å². The van der Waals surface area contributed by atoms with Crippen molar-refractivity contribution in [3.8, 4) is 17.2 Å². The summed E-state index contributed by atoms with van der Waals surface area (Å²) in [5, 5.41) is 0. The molecule has 0 radical (unpaired) electrons. The molecule has 1 amide bonds. The Morgan fingerprint density at radius 2 is 1.52 bits per heavy atom. The van der Waals surface area contributed by atoms with Crippen LogP contribution in [0.15, 0.2) is 40.9 Å². The van der Waals surface area contributed by atoms with Gasteiger partial charge in [0.2, 0.25) is 5.75 Å². The Balaban J connectivity index is 2.34. The van der Waals surface area contributed by atoms with Crippen molar-refractivity contribution < 1.29 is 19.0 Å². The highest BCUT2D eigenvalue weighted by Crippen LogP contribution is 2.39. The van der Waals surface area contributed by atoms with Gasteiger partial charge in [-0.05, 0) is 44.5 Å². The number of nitrogens with zero attached hydrogens (tertiary/aromatic N) is 1. The van der Waals surface area contributed by atoms with Crippen molar-refractivity contribution in [1.29, 1.82) is 0 Å². The third-order valence-corrected chi connectivity index (χ3v) is 4.64. The molecule has 0 unspecified atom stereocenters. The minimum atomic E-state index is -0.115. The summed E-state index contributed by atoms with van der Waals surface area (Å²) in [6, 6.07) is 11.3. The van der Waals surface area contributed by atoms with Gasteiger partial charge < -0.3 is 19.1 Å². The first kappa shape index (κ1) is 21.1. The van der Waals surface area contributed by atoms with E-state index in [4.69, 9.17) is 14.2 Å². The van der Waals surface area contributed by atoms with E-state index in [1.54, 1.807) is 24.1 Å². The van der Waals surface area contributed by atoms with Gasteiger partial charge in [0.25, 0.3) is 5.91 Å². The van der Waals surface area contributed by atoms with E-state index < -0.39 is 0 Å². The predicted molar refractivity (Wildman–Crippen MR) is 110 cm³/mol. The summed E-state index contributed by atoms with van der Waals surface area (Å²) in [6.45, 7) is 7.59. The molecule has 0 saturated heterocycles. The number of carbonyl (C=O) groups is 1. The molecule has 2 rings (SSSR count). The molecule has 0 aliphatic rings. The summed E-state index contributed by atoms with van der Waals surface area (Å²) in [4.78, 5) is 14.7. The second-order valence-electron chi connectivity index (χ2n) is 5.85. The molecule has 2 aromatic rings. The molecule has 0 aromatic heterocycles. The molecular formula is C21H26BrNO4. The highest BCUT2D eigenvalue weighted by atomic mass is 79.9. The Bertz CT molecular complexity index is 752. The molecule has 2 aromatic carbocycles. The number of amides is 1. The molecule has 0 spiro atoms. The second-order valence-corrected chi connectivity index (χ2v) is 6.71. The molecule has 0 atom stereocenters. The monoisotopic (exact) mass is 435 g/mol. The van der Waals surface area contributed by atoms with Gasteiger partial charge in [-0.25, -0.2) is 0 Å². The summed E-state index contributed by atoms with van der Waals surface area (Å²) < 4.78 is 18.1. The van der Waals surface area contributed by atoms with E-state index in [2.05, 4.69) is 15.9 Å². The molecule has 0 fully saturated rings. The summed E-state index contributed by atoms with van der Waals surface area (Å²) in [5.74, 6) is 1.45. The molecule has 0 aliphatic carbocycles. The minimum absolute atomic E-state index is 0.115. The lowest BCUT2D eigenvalue weighted by Crippen LogP contribution is -2.26. The average molecular weight is 436 g/mol. The number of benzene rings is 2. The summed E-state index contributed by atoms with van der Waals surface area (Å²) in [7, 11) is 1.78. The fourth-order valence-corrected chi connectivity index (χ4v) is 3.10. The molecule has 0 bridgehead atoms. The summed E-state index contributed by atoms with van der Waals surface area (Å²) >= 11 is 3.53. The van der Waals surface area contributed by atoms with Crippen LogP contribution in [0, 0.1) is 0 Å². The third-order valence-electron chi connectivity index (χ3n) is 3.87. The Labute approximate surface area is 169 Å². The predicted octanol–water partition coefficient (Wildman–Crippen LogP) is 4.92. The van der Waals surface area contributed by atoms with Gasteiger partial charge >= 0.3 is 0 Å². The smallest absolute Gasteiger partial charge is 0.254 e. The zero-order valence-corrected chi connectivity index (χ0v) is 17.8. The van der Waals surface area contributed by atoms with E-state index in [9.17, 15) is 4.79 Å². The largest absolute Gasteiger partial charge is 0.490 e. The van der Waals surface area contributed by atoms with Gasteiger partial charge in [-0.3, -0.25) is 4.79 Å². The summed E-state index contributed by atoms with van der Waals surface area (Å²) in [5.41, 5.74) is 1.54. The molecule has 27 heavy (non-hydrogen) atoms. The van der Waals surface area contributed by atoms with Crippen LogP contribution in [0.1, 0.15) is 36.7 Å².